The zero-order valence-electron chi connectivity index (χ0n) is 20.5. The number of amides is 1. The number of alkyl halides is 2. The van der Waals surface area contributed by atoms with Gasteiger partial charge in [0, 0.05) is 51.2 Å². The first-order valence-electron chi connectivity index (χ1n) is 12.3. The number of rotatable bonds is 4. The van der Waals surface area contributed by atoms with Crippen LogP contribution in [0.2, 0.25) is 0 Å². The average molecular weight is 515 g/mol. The lowest BCUT2D eigenvalue weighted by atomic mass is 9.50. The van der Waals surface area contributed by atoms with E-state index in [2.05, 4.69) is 10.3 Å². The number of nitrogens with one attached hydrogen (secondary N) is 1. The van der Waals surface area contributed by atoms with Crippen molar-refractivity contribution in [3.8, 4) is 5.69 Å². The van der Waals surface area contributed by atoms with E-state index in [9.17, 15) is 18.4 Å². The Morgan fingerprint density at radius 1 is 1.05 bits per heavy atom. The van der Waals surface area contributed by atoms with Crippen LogP contribution in [0.15, 0.2) is 41.3 Å². The largest absolute Gasteiger partial charge is 0.363 e. The van der Waals surface area contributed by atoms with E-state index in [-0.39, 0.29) is 60.3 Å². The molecule has 0 radical (unpaired) electrons. The number of carbonyl (C=O) groups is 1. The van der Waals surface area contributed by atoms with Crippen molar-refractivity contribution >= 4 is 22.8 Å². The molecule has 6 nitrogen and oxygen atoms in total. The summed E-state index contributed by atoms with van der Waals surface area (Å²) in [6.07, 6.45) is 2.00. The summed E-state index contributed by atoms with van der Waals surface area (Å²) >= 11 is 0. The average Bonchev–Trinajstić information content (AvgIpc) is 2.76. The summed E-state index contributed by atoms with van der Waals surface area (Å²) in [6.45, 7) is 0. The van der Waals surface area contributed by atoms with E-state index in [0.717, 1.165) is 6.07 Å². The molecule has 7 rings (SSSR count). The third-order valence-electron chi connectivity index (χ3n) is 8.02. The van der Waals surface area contributed by atoms with Crippen molar-refractivity contribution in [2.24, 2.45) is 5.92 Å². The van der Waals surface area contributed by atoms with Crippen molar-refractivity contribution in [1.82, 2.24) is 14.9 Å². The molecule has 1 amide bonds. The zero-order valence-corrected chi connectivity index (χ0v) is 20.5. The maximum atomic E-state index is 15.4. The molecule has 1 aromatic carbocycles. The van der Waals surface area contributed by atoms with Gasteiger partial charge in [0.25, 0.3) is 5.91 Å². The van der Waals surface area contributed by atoms with Gasteiger partial charge in [-0.25, -0.2) is 22.5 Å². The van der Waals surface area contributed by atoms with Gasteiger partial charge in [0.15, 0.2) is 5.65 Å². The van der Waals surface area contributed by atoms with E-state index < -0.39 is 39.8 Å². The highest BCUT2D eigenvalue weighted by Gasteiger charge is 2.65. The number of benzene rings is 1. The molecule has 4 saturated carbocycles. The third-order valence-corrected chi connectivity index (χ3v) is 8.02. The van der Waals surface area contributed by atoms with Gasteiger partial charge < -0.3 is 10.2 Å². The van der Waals surface area contributed by atoms with Crippen LogP contribution in [0.1, 0.15) is 48.9 Å². The molecule has 37 heavy (non-hydrogen) atoms. The van der Waals surface area contributed by atoms with Crippen LogP contribution >= 0.6 is 0 Å². The standard InChI is InChI=1S/C27H26F4N4O2/c1-34(2)21-6-4-17-22(36)18(11-35(23(17)32-21)20-5-3-16(28)7-19(20)29)24(37)33-27-10-15-8-25(30,13-27)12-26(31,9-15)14-27/h3-7,11,15H,8-10,12-14H2,1-2H3,(H,33,37). The lowest BCUT2D eigenvalue weighted by Crippen LogP contribution is -2.68. The van der Waals surface area contributed by atoms with Gasteiger partial charge in [-0.05, 0) is 49.4 Å². The molecular formula is C27H26F4N4O2. The summed E-state index contributed by atoms with van der Waals surface area (Å²) < 4.78 is 60.6. The quantitative estimate of drug-likeness (QED) is 0.517. The minimum absolute atomic E-state index is 0.00395. The molecule has 1 N–H and O–H groups in total. The van der Waals surface area contributed by atoms with Crippen LogP contribution in [0.5, 0.6) is 0 Å². The smallest absolute Gasteiger partial charge is 0.257 e. The number of hydrogen-bond acceptors (Lipinski definition) is 4. The summed E-state index contributed by atoms with van der Waals surface area (Å²) in [5.41, 5.74) is -5.45. The molecule has 0 spiro atoms. The van der Waals surface area contributed by atoms with Gasteiger partial charge in [0.05, 0.1) is 11.1 Å². The Morgan fingerprint density at radius 2 is 1.76 bits per heavy atom. The lowest BCUT2D eigenvalue weighted by molar-refractivity contribution is -0.149. The molecule has 0 aliphatic heterocycles. The van der Waals surface area contributed by atoms with Crippen molar-refractivity contribution in [3.05, 3.63) is 63.9 Å². The zero-order chi connectivity index (χ0) is 26.3. The number of carbonyl (C=O) groups excluding carboxylic acids is 1. The molecule has 2 aromatic heterocycles. The summed E-state index contributed by atoms with van der Waals surface area (Å²) in [4.78, 5) is 33.2. The number of hydrogen-bond donors (Lipinski definition) is 1. The molecule has 4 bridgehead atoms. The summed E-state index contributed by atoms with van der Waals surface area (Å²) in [7, 11) is 3.50. The number of aromatic nitrogens is 2. The fraction of sp³-hybridized carbons (Fsp3) is 0.444. The van der Waals surface area contributed by atoms with Crippen molar-refractivity contribution < 1.29 is 22.4 Å². The van der Waals surface area contributed by atoms with Gasteiger partial charge >= 0.3 is 0 Å². The second kappa shape index (κ2) is 7.79. The normalized spacial score (nSPS) is 30.1. The van der Waals surface area contributed by atoms with Gasteiger partial charge in [-0.3, -0.25) is 14.2 Å². The maximum Gasteiger partial charge on any atom is 0.257 e. The maximum absolute atomic E-state index is 15.4. The second-order valence-electron chi connectivity index (χ2n) is 11.3. The van der Waals surface area contributed by atoms with Gasteiger partial charge in [-0.1, -0.05) is 0 Å². The second-order valence-corrected chi connectivity index (χ2v) is 11.3. The van der Waals surface area contributed by atoms with Crippen molar-refractivity contribution in [1.29, 1.82) is 0 Å². The molecule has 3 aromatic rings. The fourth-order valence-corrected chi connectivity index (χ4v) is 7.12. The molecule has 2 atom stereocenters. The Balaban J connectivity index is 1.48. The van der Waals surface area contributed by atoms with Gasteiger partial charge in [0.1, 0.15) is 34.4 Å². The van der Waals surface area contributed by atoms with E-state index in [0.29, 0.717) is 18.3 Å². The molecule has 10 heteroatoms. The Kier molecular flexibility index (Phi) is 5.04. The van der Waals surface area contributed by atoms with E-state index in [4.69, 9.17) is 0 Å². The lowest BCUT2D eigenvalue weighted by Gasteiger charge is -2.61. The summed E-state index contributed by atoms with van der Waals surface area (Å²) in [5.74, 6) is -2.17. The van der Waals surface area contributed by atoms with Crippen molar-refractivity contribution in [2.45, 2.75) is 55.4 Å². The van der Waals surface area contributed by atoms with Crippen molar-refractivity contribution in [2.75, 3.05) is 19.0 Å². The molecule has 4 aliphatic carbocycles. The molecule has 4 aliphatic rings. The SMILES string of the molecule is CN(C)c1ccc2c(=O)c(C(=O)NC34CC5CC(F)(CC(F)(C5)C3)C4)cn(-c3ccc(F)cc3F)c2n1. The van der Waals surface area contributed by atoms with E-state index >= 15 is 8.78 Å². The Morgan fingerprint density at radius 3 is 2.38 bits per heavy atom. The van der Waals surface area contributed by atoms with Crippen LogP contribution in [-0.2, 0) is 0 Å². The Hall–Kier alpha value is -3.43. The van der Waals surface area contributed by atoms with Gasteiger partial charge in [0.2, 0.25) is 5.43 Å². The Labute approximate surface area is 210 Å². The van der Waals surface area contributed by atoms with Crippen LogP contribution in [0.4, 0.5) is 23.4 Å². The summed E-state index contributed by atoms with van der Waals surface area (Å²) in [5, 5.41) is 2.87. The summed E-state index contributed by atoms with van der Waals surface area (Å²) in [6, 6.07) is 6.04. The number of anilines is 1. The first kappa shape index (κ1) is 23.9. The Bertz CT molecular complexity index is 1500. The predicted molar refractivity (Wildman–Crippen MR) is 131 cm³/mol. The van der Waals surface area contributed by atoms with Gasteiger partial charge in [-0.15, -0.1) is 0 Å². The molecule has 194 valence electrons. The van der Waals surface area contributed by atoms with Crippen LogP contribution in [0.3, 0.4) is 0 Å². The van der Waals surface area contributed by atoms with Crippen LogP contribution in [0.25, 0.3) is 16.7 Å². The highest BCUT2D eigenvalue weighted by Crippen LogP contribution is 2.62. The van der Waals surface area contributed by atoms with E-state index in [1.54, 1.807) is 25.1 Å². The highest BCUT2D eigenvalue weighted by atomic mass is 19.2. The molecule has 4 fully saturated rings. The topological polar surface area (TPSA) is 67.2 Å². The highest BCUT2D eigenvalue weighted by molar-refractivity contribution is 5.98. The minimum atomic E-state index is -1.69. The van der Waals surface area contributed by atoms with Crippen molar-refractivity contribution in [3.63, 3.8) is 0 Å². The van der Waals surface area contributed by atoms with Crippen LogP contribution in [0, 0.1) is 17.6 Å². The number of fused-ring (bicyclic) bond motifs is 1. The number of nitrogens with zero attached hydrogens (tertiary/aromatic N) is 3. The molecule has 2 heterocycles. The minimum Gasteiger partial charge on any atom is -0.363 e. The van der Waals surface area contributed by atoms with Gasteiger partial charge in [-0.2, -0.15) is 0 Å². The first-order chi connectivity index (χ1) is 17.4. The fourth-order valence-electron chi connectivity index (χ4n) is 7.12. The monoisotopic (exact) mass is 514 g/mol. The third kappa shape index (κ3) is 3.88. The van der Waals surface area contributed by atoms with Crippen LogP contribution in [-0.4, -0.2) is 46.4 Å². The van der Waals surface area contributed by atoms with E-state index in [1.807, 2.05) is 0 Å². The van der Waals surface area contributed by atoms with E-state index in [1.165, 1.54) is 22.9 Å². The number of halogens is 4. The predicted octanol–water partition coefficient (Wildman–Crippen LogP) is 4.61. The molecular weight excluding hydrogens is 488 g/mol. The first-order valence-corrected chi connectivity index (χ1v) is 12.3. The molecule has 0 saturated heterocycles. The van der Waals surface area contributed by atoms with Crippen LogP contribution < -0.4 is 15.6 Å². The molecule has 2 unspecified atom stereocenters. The number of pyridine rings is 2.